The third-order valence-electron chi connectivity index (χ3n) is 5.70. The molecular formula is C20H27NOS2. The highest BCUT2D eigenvalue weighted by atomic mass is 32.2. The van der Waals surface area contributed by atoms with E-state index in [2.05, 4.69) is 18.3 Å². The van der Waals surface area contributed by atoms with Gasteiger partial charge in [-0.15, -0.1) is 23.1 Å². The zero-order valence-electron chi connectivity index (χ0n) is 14.5. The molecular weight excluding hydrogens is 334 g/mol. The van der Waals surface area contributed by atoms with Crippen molar-refractivity contribution in [1.29, 1.82) is 0 Å². The molecule has 1 aliphatic heterocycles. The second kappa shape index (κ2) is 7.25. The molecule has 1 fully saturated rings. The van der Waals surface area contributed by atoms with Crippen LogP contribution in [-0.4, -0.2) is 11.9 Å². The zero-order chi connectivity index (χ0) is 16.5. The van der Waals surface area contributed by atoms with Gasteiger partial charge in [0.25, 0.3) is 5.91 Å². The summed E-state index contributed by atoms with van der Waals surface area (Å²) >= 11 is 3.68. The van der Waals surface area contributed by atoms with Gasteiger partial charge in [0.1, 0.15) is 0 Å². The number of carbonyl (C=O) groups is 1. The molecule has 1 atom stereocenters. The second-order valence-corrected chi connectivity index (χ2v) is 9.81. The molecule has 1 N–H and O–H groups in total. The number of hydrogen-bond acceptors (Lipinski definition) is 3. The maximum Gasteiger partial charge on any atom is 0.257 e. The summed E-state index contributed by atoms with van der Waals surface area (Å²) in [7, 11) is 0. The fourth-order valence-corrected chi connectivity index (χ4v) is 6.90. The molecule has 0 bridgehead atoms. The van der Waals surface area contributed by atoms with Crippen molar-refractivity contribution in [2.45, 2.75) is 76.5 Å². The lowest BCUT2D eigenvalue weighted by molar-refractivity contribution is -0.117. The van der Waals surface area contributed by atoms with Gasteiger partial charge in [0.05, 0.1) is 4.91 Å². The lowest BCUT2D eigenvalue weighted by Crippen LogP contribution is -2.35. The first-order chi connectivity index (χ1) is 11.7. The normalized spacial score (nSPS) is 24.5. The summed E-state index contributed by atoms with van der Waals surface area (Å²) in [5, 5.41) is 3.30. The molecule has 3 aliphatic rings. The summed E-state index contributed by atoms with van der Waals surface area (Å²) in [6.07, 6.45) is 13.4. The minimum Gasteiger partial charge on any atom is -0.349 e. The van der Waals surface area contributed by atoms with Crippen LogP contribution in [0.4, 0.5) is 0 Å². The molecule has 130 valence electrons. The Morgan fingerprint density at radius 2 is 1.92 bits per heavy atom. The van der Waals surface area contributed by atoms with E-state index in [0.717, 1.165) is 29.4 Å². The number of thioether (sulfide) groups is 1. The topological polar surface area (TPSA) is 29.1 Å². The van der Waals surface area contributed by atoms with Crippen LogP contribution >= 0.6 is 23.1 Å². The molecule has 2 aliphatic carbocycles. The summed E-state index contributed by atoms with van der Waals surface area (Å²) in [5.41, 5.74) is 3.14. The molecule has 0 radical (unpaired) electrons. The predicted molar refractivity (Wildman–Crippen MR) is 104 cm³/mol. The Morgan fingerprint density at radius 1 is 1.12 bits per heavy atom. The molecule has 1 amide bonds. The minimum absolute atomic E-state index is 0.164. The highest BCUT2D eigenvalue weighted by Gasteiger charge is 2.27. The molecule has 4 rings (SSSR count). The van der Waals surface area contributed by atoms with Crippen molar-refractivity contribution in [2.75, 3.05) is 0 Å². The highest BCUT2D eigenvalue weighted by Crippen LogP contribution is 2.43. The van der Waals surface area contributed by atoms with Crippen molar-refractivity contribution in [1.82, 2.24) is 5.32 Å². The molecule has 0 unspecified atom stereocenters. The molecule has 0 saturated heterocycles. The van der Waals surface area contributed by atoms with Gasteiger partial charge in [-0.1, -0.05) is 32.6 Å². The standard InChI is InChI=1S/C20H27NOS2/c1-13-8-9-15-16-12-23-19(11-18(16)24-17(15)10-13)20(22)21-14-6-4-2-3-5-7-14/h11,13-14H,2-10,12H2,1H3,(H,21,22)/t13-/m1/s1. The van der Waals surface area contributed by atoms with E-state index < -0.39 is 0 Å². The van der Waals surface area contributed by atoms with Gasteiger partial charge in [-0.2, -0.15) is 0 Å². The average molecular weight is 362 g/mol. The maximum absolute atomic E-state index is 12.7. The van der Waals surface area contributed by atoms with Crippen molar-refractivity contribution < 1.29 is 4.79 Å². The average Bonchev–Trinajstić information content (AvgIpc) is 2.74. The van der Waals surface area contributed by atoms with E-state index >= 15 is 0 Å². The Kier molecular flexibility index (Phi) is 5.05. The van der Waals surface area contributed by atoms with E-state index in [1.807, 2.05) is 11.3 Å². The molecule has 0 aromatic carbocycles. The monoisotopic (exact) mass is 361 g/mol. The van der Waals surface area contributed by atoms with E-state index in [0.29, 0.717) is 6.04 Å². The van der Waals surface area contributed by atoms with Gasteiger partial charge in [-0.3, -0.25) is 4.79 Å². The Balaban J connectivity index is 1.49. The fourth-order valence-electron chi connectivity index (χ4n) is 4.23. The van der Waals surface area contributed by atoms with Gasteiger partial charge in [-0.05, 0) is 55.2 Å². The van der Waals surface area contributed by atoms with E-state index in [-0.39, 0.29) is 5.91 Å². The van der Waals surface area contributed by atoms with Crippen LogP contribution in [0.3, 0.4) is 0 Å². The van der Waals surface area contributed by atoms with Gasteiger partial charge in [0.2, 0.25) is 0 Å². The van der Waals surface area contributed by atoms with Crippen LogP contribution in [0.2, 0.25) is 0 Å². The SMILES string of the molecule is C[C@@H]1CCc2c(sc3c2CSC(C(=O)NC2CCCCCC2)=C3)C1. The van der Waals surface area contributed by atoms with E-state index in [1.54, 1.807) is 22.2 Å². The first-order valence-electron chi connectivity index (χ1n) is 9.49. The Bertz CT molecular complexity index is 653. The van der Waals surface area contributed by atoms with Gasteiger partial charge in [0.15, 0.2) is 0 Å². The van der Waals surface area contributed by atoms with Gasteiger partial charge in [0, 0.05) is 21.5 Å². The smallest absolute Gasteiger partial charge is 0.257 e. The molecule has 0 spiro atoms. The summed E-state index contributed by atoms with van der Waals surface area (Å²) in [4.78, 5) is 16.6. The molecule has 1 aromatic heterocycles. The first-order valence-corrected chi connectivity index (χ1v) is 11.3. The zero-order valence-corrected chi connectivity index (χ0v) is 16.2. The number of fused-ring (bicyclic) bond motifs is 3. The van der Waals surface area contributed by atoms with Gasteiger partial charge >= 0.3 is 0 Å². The molecule has 24 heavy (non-hydrogen) atoms. The predicted octanol–water partition coefficient (Wildman–Crippen LogP) is 5.30. The third-order valence-corrected chi connectivity index (χ3v) is 7.99. The van der Waals surface area contributed by atoms with Crippen LogP contribution in [-0.2, 0) is 23.4 Å². The number of carbonyl (C=O) groups excluding carboxylic acids is 1. The largest absolute Gasteiger partial charge is 0.349 e. The van der Waals surface area contributed by atoms with Gasteiger partial charge in [-0.25, -0.2) is 0 Å². The summed E-state index contributed by atoms with van der Waals surface area (Å²) in [6, 6.07) is 0.389. The summed E-state index contributed by atoms with van der Waals surface area (Å²) < 4.78 is 0. The number of nitrogens with one attached hydrogen (secondary N) is 1. The fraction of sp³-hybridized carbons (Fsp3) is 0.650. The number of amides is 1. The van der Waals surface area contributed by atoms with Crippen LogP contribution in [0.25, 0.3) is 6.08 Å². The highest BCUT2D eigenvalue weighted by molar-refractivity contribution is 8.03. The number of rotatable bonds is 2. The van der Waals surface area contributed by atoms with Crippen LogP contribution in [0.15, 0.2) is 4.91 Å². The quantitative estimate of drug-likeness (QED) is 0.724. The molecule has 2 nitrogen and oxygen atoms in total. The van der Waals surface area contributed by atoms with Crippen molar-refractivity contribution in [2.24, 2.45) is 5.92 Å². The van der Waals surface area contributed by atoms with E-state index in [1.165, 1.54) is 55.4 Å². The van der Waals surface area contributed by atoms with Crippen molar-refractivity contribution in [3.05, 3.63) is 25.8 Å². The number of thiophene rings is 1. The molecule has 2 heterocycles. The molecule has 1 saturated carbocycles. The summed E-state index contributed by atoms with van der Waals surface area (Å²) in [6.45, 7) is 2.36. The lowest BCUT2D eigenvalue weighted by Gasteiger charge is -2.21. The van der Waals surface area contributed by atoms with Crippen molar-refractivity contribution in [3.63, 3.8) is 0 Å². The van der Waals surface area contributed by atoms with Crippen molar-refractivity contribution >= 4 is 35.1 Å². The first kappa shape index (κ1) is 16.7. The van der Waals surface area contributed by atoms with Crippen molar-refractivity contribution in [3.8, 4) is 0 Å². The van der Waals surface area contributed by atoms with E-state index in [4.69, 9.17) is 0 Å². The molecule has 4 heteroatoms. The van der Waals surface area contributed by atoms with E-state index in [9.17, 15) is 4.79 Å². The lowest BCUT2D eigenvalue weighted by atomic mass is 9.88. The van der Waals surface area contributed by atoms with Crippen LogP contribution < -0.4 is 5.32 Å². The number of hydrogen-bond donors (Lipinski definition) is 1. The van der Waals surface area contributed by atoms with Crippen LogP contribution in [0.5, 0.6) is 0 Å². The Hall–Kier alpha value is -0.740. The maximum atomic E-state index is 12.7. The third kappa shape index (κ3) is 3.45. The molecule has 1 aromatic rings. The Labute approximate surface area is 153 Å². The Morgan fingerprint density at radius 3 is 2.71 bits per heavy atom. The van der Waals surface area contributed by atoms with Crippen LogP contribution in [0, 0.1) is 5.92 Å². The van der Waals surface area contributed by atoms with Crippen LogP contribution in [0.1, 0.15) is 72.8 Å². The summed E-state index contributed by atoms with van der Waals surface area (Å²) in [5.74, 6) is 1.96. The van der Waals surface area contributed by atoms with Gasteiger partial charge < -0.3 is 5.32 Å². The second-order valence-electron chi connectivity index (χ2n) is 7.65. The minimum atomic E-state index is 0.164.